The Labute approximate surface area is 213 Å². The van der Waals surface area contributed by atoms with Crippen LogP contribution in [0, 0.1) is 30.4 Å². The molecule has 0 saturated heterocycles. The highest BCUT2D eigenvalue weighted by atomic mass is 32.1. The molecule has 0 fully saturated rings. The predicted octanol–water partition coefficient (Wildman–Crippen LogP) is 8.47. The molecule has 0 aliphatic carbocycles. The number of benzene rings is 2. The molecule has 0 heterocycles. The van der Waals surface area contributed by atoms with E-state index in [1.54, 1.807) is 0 Å². The number of thiol groups is 1. The molecule has 0 unspecified atom stereocenters. The van der Waals surface area contributed by atoms with E-state index < -0.39 is 0 Å². The summed E-state index contributed by atoms with van der Waals surface area (Å²) in [6, 6.07) is 14.0. The molecule has 0 radical (unpaired) electrons. The molecule has 2 aromatic carbocycles. The Morgan fingerprint density at radius 1 is 1.03 bits per heavy atom. The van der Waals surface area contributed by atoms with Crippen molar-refractivity contribution in [2.45, 2.75) is 68.2 Å². The average molecular weight is 483 g/mol. The molecule has 0 N–H and O–H groups in total. The molecule has 0 bridgehead atoms. The Kier molecular flexibility index (Phi) is 16.4. The SMILES string of the molecule is C#CS.C/C(=C\c1ccc(OC(=O)CC(C)C)cc1C)c1ccc(OCCC(C)C)cc1.CC. The molecule has 0 amide bonds. The van der Waals surface area contributed by atoms with Crippen LogP contribution in [0.4, 0.5) is 0 Å². The second-order valence-electron chi connectivity index (χ2n) is 8.60. The fourth-order valence-corrected chi connectivity index (χ4v) is 2.92. The first kappa shape index (κ1) is 31.4. The van der Waals surface area contributed by atoms with Crippen LogP contribution in [0.1, 0.15) is 78.0 Å². The third-order valence-corrected chi connectivity index (χ3v) is 4.69. The van der Waals surface area contributed by atoms with E-state index in [4.69, 9.17) is 9.47 Å². The van der Waals surface area contributed by atoms with Crippen LogP contribution in [-0.4, -0.2) is 12.6 Å². The molecule has 2 rings (SSSR count). The second-order valence-corrected chi connectivity index (χ2v) is 8.86. The fraction of sp³-hybridized carbons (Fsp3) is 0.433. The van der Waals surface area contributed by atoms with E-state index in [9.17, 15) is 4.79 Å². The predicted molar refractivity (Wildman–Crippen MR) is 150 cm³/mol. The van der Waals surface area contributed by atoms with Gasteiger partial charge in [0.2, 0.25) is 0 Å². The van der Waals surface area contributed by atoms with Crippen molar-refractivity contribution in [2.24, 2.45) is 11.8 Å². The molecule has 34 heavy (non-hydrogen) atoms. The molecule has 0 saturated carbocycles. The molecule has 0 aliphatic heterocycles. The van der Waals surface area contributed by atoms with Gasteiger partial charge in [-0.1, -0.05) is 78.4 Å². The van der Waals surface area contributed by atoms with Gasteiger partial charge in [-0.2, -0.15) is 0 Å². The van der Waals surface area contributed by atoms with Gasteiger partial charge in [0.25, 0.3) is 0 Å². The van der Waals surface area contributed by atoms with Crippen molar-refractivity contribution in [2.75, 3.05) is 6.61 Å². The highest BCUT2D eigenvalue weighted by Crippen LogP contribution is 2.25. The summed E-state index contributed by atoms with van der Waals surface area (Å²) in [6.07, 6.45) is 8.10. The summed E-state index contributed by atoms with van der Waals surface area (Å²) in [5.41, 5.74) is 4.52. The molecule has 3 nitrogen and oxygen atoms in total. The molecule has 0 atom stereocenters. The maximum Gasteiger partial charge on any atom is 0.311 e. The summed E-state index contributed by atoms with van der Waals surface area (Å²) in [6.45, 7) is 17.3. The van der Waals surface area contributed by atoms with Gasteiger partial charge in [0.1, 0.15) is 11.5 Å². The van der Waals surface area contributed by atoms with E-state index in [1.165, 1.54) is 5.57 Å². The van der Waals surface area contributed by atoms with Crippen LogP contribution < -0.4 is 9.47 Å². The number of rotatable bonds is 9. The molecular weight excluding hydrogens is 440 g/mol. The summed E-state index contributed by atoms with van der Waals surface area (Å²) >= 11 is 3.32. The summed E-state index contributed by atoms with van der Waals surface area (Å²) in [4.78, 5) is 11.9. The quantitative estimate of drug-likeness (QED) is 0.128. The lowest BCUT2D eigenvalue weighted by Crippen LogP contribution is -2.10. The number of aryl methyl sites for hydroxylation is 1. The largest absolute Gasteiger partial charge is 0.494 e. The van der Waals surface area contributed by atoms with E-state index in [-0.39, 0.29) is 5.97 Å². The van der Waals surface area contributed by atoms with Crippen LogP contribution in [0.3, 0.4) is 0 Å². The minimum atomic E-state index is -0.186. The summed E-state index contributed by atoms with van der Waals surface area (Å²) in [5.74, 6) is 2.26. The van der Waals surface area contributed by atoms with E-state index in [0.717, 1.165) is 35.5 Å². The van der Waals surface area contributed by atoms with E-state index in [2.05, 4.69) is 58.0 Å². The number of esters is 1. The number of carbonyl (C=O) groups is 1. The van der Waals surface area contributed by atoms with Gasteiger partial charge in [-0.25, -0.2) is 0 Å². The van der Waals surface area contributed by atoms with Gasteiger partial charge in [-0.15, -0.1) is 6.42 Å². The van der Waals surface area contributed by atoms with Crippen LogP contribution in [0.5, 0.6) is 11.5 Å². The van der Waals surface area contributed by atoms with Crippen molar-refractivity contribution in [3.05, 3.63) is 59.2 Å². The van der Waals surface area contributed by atoms with Gasteiger partial charge in [0.05, 0.1) is 6.61 Å². The fourth-order valence-electron chi connectivity index (χ4n) is 2.92. The lowest BCUT2D eigenvalue weighted by molar-refractivity contribution is -0.135. The minimum Gasteiger partial charge on any atom is -0.494 e. The molecule has 186 valence electrons. The van der Waals surface area contributed by atoms with Gasteiger partial charge in [0, 0.05) is 6.42 Å². The second kappa shape index (κ2) is 17.8. The monoisotopic (exact) mass is 482 g/mol. The molecule has 4 heteroatoms. The van der Waals surface area contributed by atoms with Crippen molar-refractivity contribution in [1.82, 2.24) is 0 Å². The number of allylic oxidation sites excluding steroid dienone is 1. The zero-order valence-electron chi connectivity index (χ0n) is 22.1. The Balaban J connectivity index is 0.00000201. The van der Waals surface area contributed by atoms with Gasteiger partial charge in [0.15, 0.2) is 0 Å². The number of hydrogen-bond donors (Lipinski definition) is 1. The maximum absolute atomic E-state index is 11.9. The van der Waals surface area contributed by atoms with Crippen molar-refractivity contribution in [3.8, 4) is 23.2 Å². The van der Waals surface area contributed by atoms with E-state index in [1.807, 2.05) is 70.2 Å². The molecule has 0 aromatic heterocycles. The first-order valence-corrected chi connectivity index (χ1v) is 12.4. The lowest BCUT2D eigenvalue weighted by Gasteiger charge is -2.10. The Morgan fingerprint density at radius 2 is 1.59 bits per heavy atom. The minimum absolute atomic E-state index is 0.186. The first-order valence-electron chi connectivity index (χ1n) is 12.0. The van der Waals surface area contributed by atoms with Crippen molar-refractivity contribution < 1.29 is 14.3 Å². The van der Waals surface area contributed by atoms with Crippen LogP contribution in [0.15, 0.2) is 42.5 Å². The third kappa shape index (κ3) is 13.2. The number of hydrogen-bond acceptors (Lipinski definition) is 4. The van der Waals surface area contributed by atoms with E-state index in [0.29, 0.717) is 24.0 Å². The Hall–Kier alpha value is -2.64. The standard InChI is InChI=1S/C26H34O3.C2H2S.C2H6/c1-18(2)13-14-28-24-10-7-22(8-11-24)20(5)16-23-9-12-25(17-21(23)6)29-26(27)15-19(3)4;1-2-3;1-2/h7-12,16-19H,13-15H2,1-6H3;1,3H;1-2H3/b20-16+;;. The van der Waals surface area contributed by atoms with Crippen molar-refractivity contribution in [3.63, 3.8) is 0 Å². The van der Waals surface area contributed by atoms with Crippen LogP contribution >= 0.6 is 12.6 Å². The first-order chi connectivity index (χ1) is 16.2. The van der Waals surface area contributed by atoms with Crippen LogP contribution in [0.2, 0.25) is 0 Å². The van der Waals surface area contributed by atoms with E-state index >= 15 is 0 Å². The normalized spacial score (nSPS) is 10.5. The topological polar surface area (TPSA) is 35.5 Å². The van der Waals surface area contributed by atoms with Crippen molar-refractivity contribution >= 4 is 30.2 Å². The Bertz CT molecular complexity index is 919. The zero-order chi connectivity index (χ0) is 26.1. The number of ether oxygens (including phenoxy) is 2. The zero-order valence-corrected chi connectivity index (χ0v) is 23.0. The summed E-state index contributed by atoms with van der Waals surface area (Å²) < 4.78 is 11.2. The average Bonchev–Trinajstić information content (AvgIpc) is 2.77. The summed E-state index contributed by atoms with van der Waals surface area (Å²) in [5, 5.41) is 1.94. The smallest absolute Gasteiger partial charge is 0.311 e. The molecular formula is C30H42O3S. The van der Waals surface area contributed by atoms with Crippen molar-refractivity contribution in [1.29, 1.82) is 0 Å². The van der Waals surface area contributed by atoms with Gasteiger partial charge in [-0.3, -0.25) is 4.79 Å². The lowest BCUT2D eigenvalue weighted by atomic mass is 10.0. The molecule has 2 aromatic rings. The van der Waals surface area contributed by atoms with Gasteiger partial charge in [-0.05, 0) is 83.9 Å². The molecule has 0 aliphatic rings. The van der Waals surface area contributed by atoms with Gasteiger partial charge < -0.3 is 9.47 Å². The highest BCUT2D eigenvalue weighted by molar-refractivity contribution is 7.85. The highest BCUT2D eigenvalue weighted by Gasteiger charge is 2.09. The number of terminal acetylenes is 1. The van der Waals surface area contributed by atoms with Gasteiger partial charge >= 0.3 is 5.97 Å². The maximum atomic E-state index is 11.9. The Morgan fingerprint density at radius 3 is 2.09 bits per heavy atom. The third-order valence-electron chi connectivity index (χ3n) is 4.69. The number of carbonyl (C=O) groups excluding carboxylic acids is 1. The van der Waals surface area contributed by atoms with Crippen LogP contribution in [0.25, 0.3) is 11.6 Å². The summed E-state index contributed by atoms with van der Waals surface area (Å²) in [7, 11) is 0. The molecule has 0 spiro atoms. The van der Waals surface area contributed by atoms with Crippen LogP contribution in [-0.2, 0) is 4.79 Å².